The van der Waals surface area contributed by atoms with Crippen LogP contribution in [-0.2, 0) is 22.7 Å². The van der Waals surface area contributed by atoms with Crippen molar-refractivity contribution in [2.24, 2.45) is 0 Å². The molecule has 2 fully saturated rings. The van der Waals surface area contributed by atoms with E-state index in [1.165, 1.54) is 16.5 Å². The van der Waals surface area contributed by atoms with E-state index in [-0.39, 0.29) is 30.7 Å². The second kappa shape index (κ2) is 9.09. The summed E-state index contributed by atoms with van der Waals surface area (Å²) in [7, 11) is 0. The zero-order chi connectivity index (χ0) is 24.8. The van der Waals surface area contributed by atoms with Gasteiger partial charge >= 0.3 is 0 Å². The Hall–Kier alpha value is -3.65. The standard InChI is InChI=1S/C28H27FN4O3/c29-20-13-21(23-16-33(28(36)22(23)14-20)24-6-7-25(34)31-27(24)35)17-8-11-32(12-9-17)15-19-4-1-3-18-5-2-10-30-26(18)19/h1-5,10,13-14,17,24H,6-9,11-12,15-16H2,(H,31,34,35). The van der Waals surface area contributed by atoms with E-state index in [4.69, 9.17) is 0 Å². The van der Waals surface area contributed by atoms with Gasteiger partial charge in [-0.1, -0.05) is 24.3 Å². The fourth-order valence-corrected chi connectivity index (χ4v) is 5.96. The third kappa shape index (κ3) is 4.05. The molecule has 3 aliphatic rings. The van der Waals surface area contributed by atoms with Crippen molar-refractivity contribution in [3.8, 4) is 0 Å². The average Bonchev–Trinajstić information content (AvgIpc) is 3.20. The fraction of sp³-hybridized carbons (Fsp3) is 0.357. The van der Waals surface area contributed by atoms with Crippen molar-refractivity contribution in [3.63, 3.8) is 0 Å². The van der Waals surface area contributed by atoms with Gasteiger partial charge in [-0.25, -0.2) is 4.39 Å². The van der Waals surface area contributed by atoms with Crippen LogP contribution in [0.2, 0.25) is 0 Å². The normalized spacial score (nSPS) is 21.2. The molecule has 36 heavy (non-hydrogen) atoms. The molecule has 1 atom stereocenters. The second-order valence-corrected chi connectivity index (χ2v) is 9.96. The number of carbonyl (C=O) groups excluding carboxylic acids is 3. The lowest BCUT2D eigenvalue weighted by Gasteiger charge is -2.33. The summed E-state index contributed by atoms with van der Waals surface area (Å²) < 4.78 is 14.6. The van der Waals surface area contributed by atoms with Crippen molar-refractivity contribution in [2.75, 3.05) is 13.1 Å². The van der Waals surface area contributed by atoms with Gasteiger partial charge < -0.3 is 4.90 Å². The number of hydrogen-bond donors (Lipinski definition) is 1. The molecule has 0 spiro atoms. The van der Waals surface area contributed by atoms with Crippen molar-refractivity contribution in [1.82, 2.24) is 20.1 Å². The number of piperidine rings is 2. The summed E-state index contributed by atoms with van der Waals surface area (Å²) in [5, 5.41) is 3.45. The number of fused-ring (bicyclic) bond motifs is 2. The van der Waals surface area contributed by atoms with Crippen molar-refractivity contribution in [2.45, 2.75) is 50.7 Å². The molecular formula is C28H27FN4O3. The van der Waals surface area contributed by atoms with Crippen LogP contribution in [0.5, 0.6) is 0 Å². The maximum Gasteiger partial charge on any atom is 0.255 e. The second-order valence-electron chi connectivity index (χ2n) is 9.96. The van der Waals surface area contributed by atoms with E-state index in [1.54, 1.807) is 6.07 Å². The monoisotopic (exact) mass is 486 g/mol. The maximum atomic E-state index is 14.6. The number of pyridine rings is 1. The summed E-state index contributed by atoms with van der Waals surface area (Å²) in [5.74, 6) is -1.39. The number of benzene rings is 2. The first-order valence-corrected chi connectivity index (χ1v) is 12.5. The molecule has 1 aromatic heterocycles. The van der Waals surface area contributed by atoms with E-state index >= 15 is 0 Å². The van der Waals surface area contributed by atoms with E-state index in [1.807, 2.05) is 12.3 Å². The van der Waals surface area contributed by atoms with Crippen LogP contribution >= 0.6 is 0 Å². The number of likely N-dealkylation sites (tertiary alicyclic amines) is 1. The van der Waals surface area contributed by atoms with Gasteiger partial charge in [0.1, 0.15) is 11.9 Å². The van der Waals surface area contributed by atoms with Gasteiger partial charge in [0.25, 0.3) is 5.91 Å². The lowest BCUT2D eigenvalue weighted by Crippen LogP contribution is -2.52. The van der Waals surface area contributed by atoms with Crippen molar-refractivity contribution < 1.29 is 18.8 Å². The molecule has 0 radical (unpaired) electrons. The van der Waals surface area contributed by atoms with Crippen LogP contribution < -0.4 is 5.32 Å². The number of amides is 3. The molecule has 1 N–H and O–H groups in total. The number of halogens is 1. The number of aromatic nitrogens is 1. The highest BCUT2D eigenvalue weighted by molar-refractivity contribution is 6.05. The molecule has 4 heterocycles. The minimum Gasteiger partial charge on any atom is -0.322 e. The molecule has 3 aliphatic heterocycles. The van der Waals surface area contributed by atoms with Gasteiger partial charge in [-0.05, 0) is 73.2 Å². The number of carbonyl (C=O) groups is 3. The molecule has 3 aromatic rings. The number of nitrogens with zero attached hydrogens (tertiary/aromatic N) is 3. The Labute approximate surface area is 208 Å². The predicted octanol–water partition coefficient (Wildman–Crippen LogP) is 3.51. The Kier molecular flexibility index (Phi) is 5.76. The smallest absolute Gasteiger partial charge is 0.255 e. The van der Waals surface area contributed by atoms with E-state index < -0.39 is 17.8 Å². The SMILES string of the molecule is O=C1CCC(N2Cc3c(cc(F)cc3C3CCN(Cc4cccc5cccnc45)CC3)C2=O)C(=O)N1. The van der Waals surface area contributed by atoms with Gasteiger partial charge in [-0.3, -0.25) is 29.6 Å². The van der Waals surface area contributed by atoms with Gasteiger partial charge in [-0.15, -0.1) is 0 Å². The minimum absolute atomic E-state index is 0.144. The Morgan fingerprint density at radius 2 is 1.83 bits per heavy atom. The number of hydrogen-bond acceptors (Lipinski definition) is 5. The minimum atomic E-state index is -0.699. The van der Waals surface area contributed by atoms with Crippen LogP contribution in [0.1, 0.15) is 58.6 Å². The highest BCUT2D eigenvalue weighted by Gasteiger charge is 2.41. The van der Waals surface area contributed by atoms with E-state index in [0.29, 0.717) is 12.0 Å². The Morgan fingerprint density at radius 3 is 2.64 bits per heavy atom. The lowest BCUT2D eigenvalue weighted by atomic mass is 9.85. The Bertz CT molecular complexity index is 1380. The zero-order valence-corrected chi connectivity index (χ0v) is 19.9. The van der Waals surface area contributed by atoms with Crippen LogP contribution in [0.4, 0.5) is 4.39 Å². The van der Waals surface area contributed by atoms with Gasteiger partial charge in [0.2, 0.25) is 11.8 Å². The molecule has 0 aliphatic carbocycles. The number of nitrogens with one attached hydrogen (secondary N) is 1. The first kappa shape index (κ1) is 22.8. The van der Waals surface area contributed by atoms with Crippen LogP contribution in [0, 0.1) is 5.82 Å². The Balaban J connectivity index is 1.19. The van der Waals surface area contributed by atoms with Gasteiger partial charge in [-0.2, -0.15) is 0 Å². The topological polar surface area (TPSA) is 82.6 Å². The van der Waals surface area contributed by atoms with Crippen LogP contribution in [-0.4, -0.2) is 51.6 Å². The number of imide groups is 1. The van der Waals surface area contributed by atoms with E-state index in [0.717, 1.165) is 54.5 Å². The van der Waals surface area contributed by atoms with Crippen LogP contribution in [0.25, 0.3) is 10.9 Å². The molecule has 0 saturated carbocycles. The predicted molar refractivity (Wildman–Crippen MR) is 131 cm³/mol. The zero-order valence-electron chi connectivity index (χ0n) is 19.9. The van der Waals surface area contributed by atoms with Crippen LogP contribution in [0.3, 0.4) is 0 Å². The molecular weight excluding hydrogens is 459 g/mol. The summed E-state index contributed by atoms with van der Waals surface area (Å²) in [6.45, 7) is 2.82. The quantitative estimate of drug-likeness (QED) is 0.571. The van der Waals surface area contributed by atoms with E-state index in [9.17, 15) is 18.8 Å². The summed E-state index contributed by atoms with van der Waals surface area (Å²) in [5.41, 5.74) is 4.27. The summed E-state index contributed by atoms with van der Waals surface area (Å²) in [6, 6.07) is 12.4. The summed E-state index contributed by atoms with van der Waals surface area (Å²) >= 11 is 0. The lowest BCUT2D eigenvalue weighted by molar-refractivity contribution is -0.136. The van der Waals surface area contributed by atoms with Crippen molar-refractivity contribution in [1.29, 1.82) is 0 Å². The first-order chi connectivity index (χ1) is 17.5. The summed E-state index contributed by atoms with van der Waals surface area (Å²) in [6.07, 6.45) is 4.04. The molecule has 0 bridgehead atoms. The maximum absolute atomic E-state index is 14.6. The highest BCUT2D eigenvalue weighted by Crippen LogP contribution is 2.38. The molecule has 1 unspecified atom stereocenters. The number of para-hydroxylation sites is 1. The molecule has 3 amide bonds. The molecule has 7 nitrogen and oxygen atoms in total. The Morgan fingerprint density at radius 1 is 1.03 bits per heavy atom. The summed E-state index contributed by atoms with van der Waals surface area (Å²) in [4.78, 5) is 45.6. The molecule has 2 saturated heterocycles. The largest absolute Gasteiger partial charge is 0.322 e. The van der Waals surface area contributed by atoms with Gasteiger partial charge in [0.05, 0.1) is 5.52 Å². The molecule has 6 rings (SSSR count). The molecule has 8 heteroatoms. The molecule has 184 valence electrons. The van der Waals surface area contributed by atoms with Gasteiger partial charge in [0.15, 0.2) is 0 Å². The highest BCUT2D eigenvalue weighted by atomic mass is 19.1. The first-order valence-electron chi connectivity index (χ1n) is 12.5. The van der Waals surface area contributed by atoms with Gasteiger partial charge in [0, 0.05) is 36.7 Å². The molecule has 2 aromatic carbocycles. The van der Waals surface area contributed by atoms with Crippen molar-refractivity contribution in [3.05, 3.63) is 76.7 Å². The van der Waals surface area contributed by atoms with Crippen molar-refractivity contribution >= 4 is 28.6 Å². The number of rotatable bonds is 4. The fourth-order valence-electron chi connectivity index (χ4n) is 5.96. The third-order valence-corrected chi connectivity index (χ3v) is 7.79. The third-order valence-electron chi connectivity index (χ3n) is 7.79. The van der Waals surface area contributed by atoms with Crippen LogP contribution in [0.15, 0.2) is 48.7 Å². The van der Waals surface area contributed by atoms with E-state index in [2.05, 4.69) is 39.5 Å². The average molecular weight is 487 g/mol.